The minimum Gasteiger partial charge on any atom is -0.464 e. The van der Waals surface area contributed by atoms with Gasteiger partial charge in [-0.05, 0) is 48.9 Å². The maximum atomic E-state index is 13.2. The predicted molar refractivity (Wildman–Crippen MR) is 156 cm³/mol. The highest BCUT2D eigenvalue weighted by Crippen LogP contribution is 2.25. The molecule has 0 bridgehead atoms. The van der Waals surface area contributed by atoms with E-state index < -0.39 is 33.7 Å². The van der Waals surface area contributed by atoms with E-state index in [9.17, 15) is 22.8 Å². The molecular weight excluding hydrogens is 593 g/mol. The summed E-state index contributed by atoms with van der Waals surface area (Å²) in [6, 6.07) is 15.8. The molecule has 0 aliphatic heterocycles. The van der Waals surface area contributed by atoms with Crippen LogP contribution in [0.3, 0.4) is 0 Å². The first-order valence-corrected chi connectivity index (χ1v) is 14.8. The highest BCUT2D eigenvalue weighted by atomic mass is 35.5. The smallest absolute Gasteiger partial charge is 0.328 e. The Balaban J connectivity index is 1.77. The number of oxime groups is 1. The van der Waals surface area contributed by atoms with Crippen LogP contribution in [0.4, 0.5) is 5.69 Å². The molecule has 0 unspecified atom stereocenters. The number of hydrogen-bond donors (Lipinski definition) is 2. The molecule has 0 heterocycles. The van der Waals surface area contributed by atoms with Crippen molar-refractivity contribution in [2.45, 2.75) is 24.3 Å². The number of rotatable bonds is 11. The van der Waals surface area contributed by atoms with E-state index in [-0.39, 0.29) is 44.8 Å². The van der Waals surface area contributed by atoms with Gasteiger partial charge in [0.25, 0.3) is 11.8 Å². The van der Waals surface area contributed by atoms with Crippen molar-refractivity contribution in [3.63, 3.8) is 0 Å². The molecule has 13 heteroatoms. The summed E-state index contributed by atoms with van der Waals surface area (Å²) in [5.74, 6) is -1.90. The maximum Gasteiger partial charge on any atom is 0.328 e. The van der Waals surface area contributed by atoms with Crippen LogP contribution in [0.5, 0.6) is 0 Å². The molecule has 3 rings (SSSR count). The molecule has 216 valence electrons. The van der Waals surface area contributed by atoms with Crippen LogP contribution in [-0.4, -0.2) is 57.9 Å². The predicted octanol–water partition coefficient (Wildman–Crippen LogP) is 4.29. The van der Waals surface area contributed by atoms with Crippen molar-refractivity contribution < 1.29 is 32.4 Å². The van der Waals surface area contributed by atoms with E-state index in [0.29, 0.717) is 11.3 Å². The normalized spacial score (nSPS) is 12.3. The molecule has 3 aromatic rings. The monoisotopic (exact) mass is 619 g/mol. The van der Waals surface area contributed by atoms with Gasteiger partial charge in [-0.3, -0.25) is 9.59 Å². The van der Waals surface area contributed by atoms with Gasteiger partial charge in [0.05, 0.1) is 27.1 Å². The SMILES string of the molecule is CCOC(=O)[C@H](Cc1ccc(NC(=O)c2c(Cl)cccc2Cl)cc1)NC(=O)C(=NOC)c1ccc(S(C)(=O)=O)cc1. The zero-order valence-corrected chi connectivity index (χ0v) is 24.6. The fourth-order valence-electron chi connectivity index (χ4n) is 3.71. The number of carbonyl (C=O) groups is 3. The first-order valence-electron chi connectivity index (χ1n) is 12.2. The number of esters is 1. The van der Waals surface area contributed by atoms with Gasteiger partial charge in [0, 0.05) is 23.9 Å². The molecule has 0 saturated heterocycles. The number of nitrogens with one attached hydrogen (secondary N) is 2. The molecule has 0 saturated carbocycles. The molecule has 0 aliphatic rings. The Bertz CT molecular complexity index is 1540. The van der Waals surface area contributed by atoms with Crippen LogP contribution < -0.4 is 10.6 Å². The van der Waals surface area contributed by atoms with Crippen LogP contribution in [0.2, 0.25) is 10.0 Å². The minimum absolute atomic E-state index is 0.0580. The number of benzene rings is 3. The molecule has 10 nitrogen and oxygen atoms in total. The van der Waals surface area contributed by atoms with Gasteiger partial charge in [-0.1, -0.05) is 58.7 Å². The first-order chi connectivity index (χ1) is 19.4. The second-order valence-electron chi connectivity index (χ2n) is 8.65. The zero-order valence-electron chi connectivity index (χ0n) is 22.3. The topological polar surface area (TPSA) is 140 Å². The molecule has 0 spiro atoms. The minimum atomic E-state index is -3.44. The summed E-state index contributed by atoms with van der Waals surface area (Å²) in [7, 11) is -2.19. The van der Waals surface area contributed by atoms with Gasteiger partial charge < -0.3 is 20.2 Å². The second kappa shape index (κ2) is 14.1. The molecule has 0 radical (unpaired) electrons. The van der Waals surface area contributed by atoms with E-state index >= 15 is 0 Å². The van der Waals surface area contributed by atoms with Crippen molar-refractivity contribution in [2.75, 3.05) is 25.3 Å². The van der Waals surface area contributed by atoms with Gasteiger partial charge >= 0.3 is 5.97 Å². The standard InChI is InChI=1S/C28H27Cl2N3O7S/c1-4-40-28(36)23(32-27(35)25(33-39-2)18-10-14-20(15-11-18)41(3,37)38)16-17-8-12-19(13-9-17)31-26(34)24-21(29)6-5-7-22(24)30/h5-15,23H,4,16H2,1-3H3,(H,31,34)(H,32,35)/t23-/m0/s1. The Hall–Kier alpha value is -3.93. The van der Waals surface area contributed by atoms with Gasteiger partial charge in [0.2, 0.25) is 0 Å². The van der Waals surface area contributed by atoms with Crippen LogP contribution in [0.15, 0.2) is 76.8 Å². The molecule has 2 N–H and O–H groups in total. The molecule has 3 aromatic carbocycles. The summed E-state index contributed by atoms with van der Waals surface area (Å²) in [6.45, 7) is 1.73. The van der Waals surface area contributed by atoms with Crippen molar-refractivity contribution in [3.05, 3.63) is 93.5 Å². The maximum absolute atomic E-state index is 13.2. The lowest BCUT2D eigenvalue weighted by Crippen LogP contribution is -2.46. The summed E-state index contributed by atoms with van der Waals surface area (Å²) in [5.41, 5.74) is 1.36. The average molecular weight is 621 g/mol. The number of carbonyl (C=O) groups excluding carboxylic acids is 3. The Morgan fingerprint density at radius 2 is 1.56 bits per heavy atom. The molecule has 41 heavy (non-hydrogen) atoms. The molecule has 0 aromatic heterocycles. The Morgan fingerprint density at radius 1 is 0.951 bits per heavy atom. The second-order valence-corrected chi connectivity index (χ2v) is 11.5. The Morgan fingerprint density at radius 3 is 2.10 bits per heavy atom. The number of anilines is 1. The third-order valence-corrected chi connectivity index (χ3v) is 7.43. The summed E-state index contributed by atoms with van der Waals surface area (Å²) >= 11 is 12.2. The number of ether oxygens (including phenoxy) is 1. The van der Waals surface area contributed by atoms with E-state index in [4.69, 9.17) is 32.8 Å². The third kappa shape index (κ3) is 8.53. The van der Waals surface area contributed by atoms with Crippen LogP contribution >= 0.6 is 23.2 Å². The van der Waals surface area contributed by atoms with Gasteiger partial charge in [-0.15, -0.1) is 0 Å². The van der Waals surface area contributed by atoms with Crippen LogP contribution in [0.25, 0.3) is 0 Å². The third-order valence-electron chi connectivity index (χ3n) is 5.67. The van der Waals surface area contributed by atoms with Gasteiger partial charge in [0.15, 0.2) is 15.5 Å². The van der Waals surface area contributed by atoms with E-state index in [0.717, 1.165) is 6.26 Å². The highest BCUT2D eigenvalue weighted by molar-refractivity contribution is 7.90. The summed E-state index contributed by atoms with van der Waals surface area (Å²) in [6.07, 6.45) is 1.13. The lowest BCUT2D eigenvalue weighted by atomic mass is 10.0. The van der Waals surface area contributed by atoms with Crippen molar-refractivity contribution in [1.82, 2.24) is 5.32 Å². The van der Waals surface area contributed by atoms with Gasteiger partial charge in [-0.25, -0.2) is 13.2 Å². The van der Waals surface area contributed by atoms with E-state index in [1.807, 2.05) is 0 Å². The number of amides is 2. The van der Waals surface area contributed by atoms with Crippen molar-refractivity contribution >= 4 is 62.2 Å². The molecule has 2 amide bonds. The van der Waals surface area contributed by atoms with Crippen LogP contribution in [0, 0.1) is 0 Å². The summed E-state index contributed by atoms with van der Waals surface area (Å²) < 4.78 is 28.7. The van der Waals surface area contributed by atoms with Crippen molar-refractivity contribution in [1.29, 1.82) is 0 Å². The van der Waals surface area contributed by atoms with Gasteiger partial charge in [-0.2, -0.15) is 0 Å². The quantitative estimate of drug-likeness (QED) is 0.185. The van der Waals surface area contributed by atoms with Crippen molar-refractivity contribution in [2.24, 2.45) is 5.16 Å². The van der Waals surface area contributed by atoms with Crippen molar-refractivity contribution in [3.8, 4) is 0 Å². The number of nitrogens with zero attached hydrogens (tertiary/aromatic N) is 1. The fourth-order valence-corrected chi connectivity index (χ4v) is 4.91. The lowest BCUT2D eigenvalue weighted by molar-refractivity contribution is -0.146. The number of sulfone groups is 1. The molecule has 0 aliphatic carbocycles. The van der Waals surface area contributed by atoms with Gasteiger partial charge in [0.1, 0.15) is 13.2 Å². The van der Waals surface area contributed by atoms with Crippen LogP contribution in [0.1, 0.15) is 28.4 Å². The Labute approximate surface area is 247 Å². The first kappa shape index (κ1) is 31.6. The van der Waals surface area contributed by atoms with E-state index in [1.165, 1.54) is 31.4 Å². The Kier molecular flexibility index (Phi) is 10.9. The van der Waals surface area contributed by atoms with E-state index in [2.05, 4.69) is 15.8 Å². The highest BCUT2D eigenvalue weighted by Gasteiger charge is 2.26. The molecule has 0 fully saturated rings. The van der Waals surface area contributed by atoms with E-state index in [1.54, 1.807) is 49.4 Å². The largest absolute Gasteiger partial charge is 0.464 e. The molecular formula is C28H27Cl2N3O7S. The summed E-state index contributed by atoms with van der Waals surface area (Å²) in [4.78, 5) is 43.5. The number of halogens is 2. The average Bonchev–Trinajstić information content (AvgIpc) is 2.92. The zero-order chi connectivity index (χ0) is 30.2. The van der Waals surface area contributed by atoms with Crippen LogP contribution in [-0.2, 0) is 35.4 Å². The molecule has 1 atom stereocenters. The number of hydrogen-bond acceptors (Lipinski definition) is 8. The lowest BCUT2D eigenvalue weighted by Gasteiger charge is -2.18. The fraction of sp³-hybridized carbons (Fsp3) is 0.214. The summed E-state index contributed by atoms with van der Waals surface area (Å²) in [5, 5.41) is 9.53.